The third kappa shape index (κ3) is 9.96. The monoisotopic (exact) mass is 437 g/mol. The van der Waals surface area contributed by atoms with Crippen LogP contribution in [0.15, 0.2) is 94.1 Å². The van der Waals surface area contributed by atoms with E-state index in [1.54, 1.807) is 0 Å². The lowest BCUT2D eigenvalue weighted by Crippen LogP contribution is -2.30. The predicted molar refractivity (Wildman–Crippen MR) is 137 cm³/mol. The van der Waals surface area contributed by atoms with Gasteiger partial charge < -0.3 is 9.47 Å². The molecule has 32 heavy (non-hydrogen) atoms. The zero-order chi connectivity index (χ0) is 23.6. The Morgan fingerprint density at radius 3 is 1.25 bits per heavy atom. The molecule has 0 aliphatic heterocycles. The van der Waals surface area contributed by atoms with Gasteiger partial charge in [0.15, 0.2) is 0 Å². The Balaban J connectivity index is 3.15. The van der Waals surface area contributed by atoms with Gasteiger partial charge in [-0.05, 0) is 12.1 Å². The van der Waals surface area contributed by atoms with Crippen LogP contribution in [-0.2, 0) is 6.54 Å². The Morgan fingerprint density at radius 2 is 0.906 bits per heavy atom. The van der Waals surface area contributed by atoms with E-state index in [1.165, 1.54) is 0 Å². The zero-order valence-electron chi connectivity index (χ0n) is 19.5. The number of hydrogen-bond acceptors (Lipinski definition) is 5. The van der Waals surface area contributed by atoms with Crippen LogP contribution in [0.1, 0.15) is 5.56 Å². The fourth-order valence-corrected chi connectivity index (χ4v) is 3.18. The standard InChI is InChI=1S/C27H39N3O2/c1-7-16-28(17-8-2)22-25-26(31-23-29(18-9-3)19-10-4)14-13-15-27(25)32-24-30(20-11-5)21-12-6/h7-15H,1-6,16-24H2. The molecule has 0 fully saturated rings. The van der Waals surface area contributed by atoms with Gasteiger partial charge in [-0.2, -0.15) is 0 Å². The van der Waals surface area contributed by atoms with E-state index in [0.717, 1.165) is 30.2 Å². The van der Waals surface area contributed by atoms with Gasteiger partial charge in [0, 0.05) is 45.8 Å². The molecule has 0 unspecified atom stereocenters. The SMILES string of the molecule is C=CCN(CC=C)COc1cccc(OCN(CC=C)CC=C)c1CN(CC=C)CC=C. The zero-order valence-corrected chi connectivity index (χ0v) is 19.5. The quantitative estimate of drug-likeness (QED) is 0.214. The summed E-state index contributed by atoms with van der Waals surface area (Å²) in [5.41, 5.74) is 0.991. The number of ether oxygens (including phenoxy) is 2. The van der Waals surface area contributed by atoms with Gasteiger partial charge in [-0.15, -0.1) is 39.5 Å². The topological polar surface area (TPSA) is 28.2 Å². The summed E-state index contributed by atoms with van der Waals surface area (Å²) in [6.07, 6.45) is 11.2. The van der Waals surface area contributed by atoms with Crippen LogP contribution in [0.25, 0.3) is 0 Å². The highest BCUT2D eigenvalue weighted by Gasteiger charge is 2.16. The normalized spacial score (nSPS) is 10.7. The molecule has 0 atom stereocenters. The molecule has 5 heteroatoms. The smallest absolute Gasteiger partial charge is 0.142 e. The van der Waals surface area contributed by atoms with Gasteiger partial charge in [-0.25, -0.2) is 0 Å². The highest BCUT2D eigenvalue weighted by atomic mass is 16.5. The van der Waals surface area contributed by atoms with Crippen molar-refractivity contribution in [3.63, 3.8) is 0 Å². The lowest BCUT2D eigenvalue weighted by molar-refractivity contribution is 0.138. The van der Waals surface area contributed by atoms with E-state index in [1.807, 2.05) is 54.7 Å². The number of hydrogen-bond donors (Lipinski definition) is 0. The fourth-order valence-electron chi connectivity index (χ4n) is 3.18. The summed E-state index contributed by atoms with van der Waals surface area (Å²) in [6, 6.07) is 5.91. The van der Waals surface area contributed by atoms with Gasteiger partial charge in [-0.3, -0.25) is 14.7 Å². The highest BCUT2D eigenvalue weighted by Crippen LogP contribution is 2.30. The van der Waals surface area contributed by atoms with E-state index in [2.05, 4.69) is 54.2 Å². The Bertz CT molecular complexity index is 668. The maximum atomic E-state index is 6.23. The minimum atomic E-state index is 0.427. The van der Waals surface area contributed by atoms with E-state index < -0.39 is 0 Å². The summed E-state index contributed by atoms with van der Waals surface area (Å²) < 4.78 is 12.5. The van der Waals surface area contributed by atoms with Gasteiger partial charge in [0.05, 0.1) is 5.56 Å². The van der Waals surface area contributed by atoms with Gasteiger partial charge in [0.25, 0.3) is 0 Å². The van der Waals surface area contributed by atoms with Crippen LogP contribution in [0.2, 0.25) is 0 Å². The molecule has 0 bridgehead atoms. The molecule has 0 aliphatic carbocycles. The summed E-state index contributed by atoms with van der Waals surface area (Å²) in [4.78, 5) is 6.45. The number of nitrogens with zero attached hydrogens (tertiary/aromatic N) is 3. The molecule has 0 radical (unpaired) electrons. The van der Waals surface area contributed by atoms with Crippen molar-refractivity contribution in [3.05, 3.63) is 99.7 Å². The Kier molecular flexibility index (Phi) is 14.3. The molecule has 1 aromatic carbocycles. The maximum absolute atomic E-state index is 6.23. The van der Waals surface area contributed by atoms with E-state index in [4.69, 9.17) is 9.47 Å². The Labute approximate surface area is 194 Å². The first kappa shape index (κ1) is 27.2. The van der Waals surface area contributed by atoms with E-state index in [9.17, 15) is 0 Å². The highest BCUT2D eigenvalue weighted by molar-refractivity contribution is 5.45. The molecular formula is C27H39N3O2. The molecule has 0 spiro atoms. The van der Waals surface area contributed by atoms with Crippen LogP contribution >= 0.6 is 0 Å². The van der Waals surface area contributed by atoms with Crippen LogP contribution in [0.4, 0.5) is 0 Å². The van der Waals surface area contributed by atoms with E-state index >= 15 is 0 Å². The number of rotatable bonds is 20. The van der Waals surface area contributed by atoms with Crippen molar-refractivity contribution >= 4 is 0 Å². The molecule has 0 heterocycles. The lowest BCUT2D eigenvalue weighted by atomic mass is 10.1. The average molecular weight is 438 g/mol. The second-order valence-electron chi connectivity index (χ2n) is 7.28. The molecule has 0 aromatic heterocycles. The van der Waals surface area contributed by atoms with Crippen LogP contribution in [-0.4, -0.2) is 67.4 Å². The van der Waals surface area contributed by atoms with Crippen LogP contribution in [0.3, 0.4) is 0 Å². The second kappa shape index (κ2) is 16.8. The Morgan fingerprint density at radius 1 is 0.562 bits per heavy atom. The van der Waals surface area contributed by atoms with E-state index in [0.29, 0.717) is 46.2 Å². The second-order valence-corrected chi connectivity index (χ2v) is 7.28. The van der Waals surface area contributed by atoms with Crippen molar-refractivity contribution in [1.82, 2.24) is 14.7 Å². The molecule has 0 N–H and O–H groups in total. The number of benzene rings is 1. The van der Waals surface area contributed by atoms with Crippen LogP contribution < -0.4 is 9.47 Å². The van der Waals surface area contributed by atoms with Crippen molar-refractivity contribution in [2.24, 2.45) is 0 Å². The van der Waals surface area contributed by atoms with E-state index in [-0.39, 0.29) is 0 Å². The molecule has 1 aromatic rings. The first-order valence-electron chi connectivity index (χ1n) is 10.8. The third-order valence-electron chi connectivity index (χ3n) is 4.60. The van der Waals surface area contributed by atoms with Gasteiger partial charge in [0.2, 0.25) is 0 Å². The first-order valence-corrected chi connectivity index (χ1v) is 10.8. The van der Waals surface area contributed by atoms with Gasteiger partial charge >= 0.3 is 0 Å². The fraction of sp³-hybridized carbons (Fsp3) is 0.333. The molecular weight excluding hydrogens is 398 g/mol. The molecule has 0 saturated heterocycles. The molecule has 1 rings (SSSR count). The predicted octanol–water partition coefficient (Wildman–Crippen LogP) is 4.88. The van der Waals surface area contributed by atoms with Crippen molar-refractivity contribution in [3.8, 4) is 11.5 Å². The maximum Gasteiger partial charge on any atom is 0.142 e. The van der Waals surface area contributed by atoms with Gasteiger partial charge in [-0.1, -0.05) is 42.5 Å². The molecule has 0 amide bonds. The summed E-state index contributed by atoms with van der Waals surface area (Å²) in [7, 11) is 0. The van der Waals surface area contributed by atoms with Crippen molar-refractivity contribution in [2.45, 2.75) is 6.54 Å². The average Bonchev–Trinajstić information content (AvgIpc) is 2.78. The third-order valence-corrected chi connectivity index (χ3v) is 4.60. The summed E-state index contributed by atoms with van der Waals surface area (Å²) in [6.45, 7) is 28.9. The minimum Gasteiger partial charge on any atom is -0.478 e. The van der Waals surface area contributed by atoms with Crippen molar-refractivity contribution < 1.29 is 9.47 Å². The summed E-state index contributed by atoms with van der Waals surface area (Å²) in [5, 5.41) is 0. The molecule has 0 aliphatic rings. The lowest BCUT2D eigenvalue weighted by Gasteiger charge is -2.26. The first-order chi connectivity index (χ1) is 15.6. The van der Waals surface area contributed by atoms with Gasteiger partial charge in [0.1, 0.15) is 25.0 Å². The largest absolute Gasteiger partial charge is 0.478 e. The Hall–Kier alpha value is -2.86. The summed E-state index contributed by atoms with van der Waals surface area (Å²) >= 11 is 0. The van der Waals surface area contributed by atoms with Crippen molar-refractivity contribution in [1.29, 1.82) is 0 Å². The molecule has 5 nitrogen and oxygen atoms in total. The van der Waals surface area contributed by atoms with Crippen LogP contribution in [0, 0.1) is 0 Å². The molecule has 0 saturated carbocycles. The van der Waals surface area contributed by atoms with Crippen LogP contribution in [0.5, 0.6) is 11.5 Å². The minimum absolute atomic E-state index is 0.427. The molecule has 174 valence electrons. The summed E-state index contributed by atoms with van der Waals surface area (Å²) in [5.74, 6) is 1.58. The van der Waals surface area contributed by atoms with Crippen molar-refractivity contribution in [2.75, 3.05) is 52.7 Å².